The van der Waals surface area contributed by atoms with Gasteiger partial charge in [-0.3, -0.25) is 4.79 Å². The van der Waals surface area contributed by atoms with Gasteiger partial charge in [0, 0.05) is 17.9 Å². The monoisotopic (exact) mass is 485 g/mol. The van der Waals surface area contributed by atoms with E-state index in [1.165, 1.54) is 23.3 Å². The molecule has 186 valence electrons. The zero-order chi connectivity index (χ0) is 24.9. The minimum absolute atomic E-state index is 0.153. The highest BCUT2D eigenvalue weighted by atomic mass is 19.1. The lowest BCUT2D eigenvalue weighted by molar-refractivity contribution is -0.122. The largest absolute Gasteiger partial charge is 0.389 e. The Morgan fingerprint density at radius 3 is 2.67 bits per heavy atom. The van der Waals surface area contributed by atoms with E-state index in [-0.39, 0.29) is 23.1 Å². The van der Waals surface area contributed by atoms with E-state index >= 15 is 0 Å². The molecule has 0 spiro atoms. The number of aromatic nitrogens is 2. The summed E-state index contributed by atoms with van der Waals surface area (Å²) in [6, 6.07) is 14.6. The van der Waals surface area contributed by atoms with Gasteiger partial charge < -0.3 is 10.4 Å². The summed E-state index contributed by atoms with van der Waals surface area (Å²) >= 11 is 0. The molecule has 36 heavy (non-hydrogen) atoms. The maximum atomic E-state index is 13.4. The predicted octanol–water partition coefficient (Wildman–Crippen LogP) is 5.14. The molecule has 2 N–H and O–H groups in total. The molecule has 3 aliphatic rings. The van der Waals surface area contributed by atoms with E-state index in [0.29, 0.717) is 13.0 Å². The highest BCUT2D eigenvalue weighted by molar-refractivity contribution is 5.80. The Balaban J connectivity index is 1.20. The van der Waals surface area contributed by atoms with Crippen LogP contribution in [0.2, 0.25) is 0 Å². The van der Waals surface area contributed by atoms with Crippen LogP contribution in [0.1, 0.15) is 61.4 Å². The number of carbonyl (C=O) groups excluding carboxylic acids is 1. The lowest BCUT2D eigenvalue weighted by atomic mass is 9.65. The van der Waals surface area contributed by atoms with Gasteiger partial charge in [-0.05, 0) is 92.0 Å². The Bertz CT molecular complexity index is 1340. The Morgan fingerprint density at radius 2 is 1.92 bits per heavy atom. The fraction of sp³-hybridized carbons (Fsp3) is 0.400. The standard InChI is InChI=1S/C30H32FN3O2/c1-29-17-23-19-33-34(26-10-8-25(31)9-11-26)27(23)16-24(29)13-15-30(29,36)14-12-20-4-2-3-5-22(20)18-32-28(35)21-6-7-21/h2-5,8-11,16,19,21,36H,6-7,12-15,17-18H2,1H3,(H,32,35). The van der Waals surface area contributed by atoms with Crippen LogP contribution in [-0.2, 0) is 24.2 Å². The zero-order valence-corrected chi connectivity index (χ0v) is 20.6. The van der Waals surface area contributed by atoms with Gasteiger partial charge in [-0.25, -0.2) is 9.07 Å². The van der Waals surface area contributed by atoms with E-state index in [0.717, 1.165) is 61.0 Å². The van der Waals surface area contributed by atoms with Crippen molar-refractivity contribution >= 4 is 12.0 Å². The molecule has 3 aromatic rings. The lowest BCUT2D eigenvalue weighted by Gasteiger charge is -2.42. The maximum absolute atomic E-state index is 13.4. The first-order valence-electron chi connectivity index (χ1n) is 13.0. The van der Waals surface area contributed by atoms with Crippen LogP contribution in [-0.4, -0.2) is 26.4 Å². The molecule has 0 saturated heterocycles. The maximum Gasteiger partial charge on any atom is 0.223 e. The number of benzene rings is 2. The minimum Gasteiger partial charge on any atom is -0.389 e. The van der Waals surface area contributed by atoms with Crippen molar-refractivity contribution in [1.82, 2.24) is 15.1 Å². The predicted molar refractivity (Wildman–Crippen MR) is 137 cm³/mol. The first kappa shape index (κ1) is 23.2. The molecule has 1 amide bonds. The first-order valence-corrected chi connectivity index (χ1v) is 13.0. The second-order valence-corrected chi connectivity index (χ2v) is 10.9. The van der Waals surface area contributed by atoms with Crippen molar-refractivity contribution in [3.8, 4) is 5.69 Å². The van der Waals surface area contributed by atoms with Gasteiger partial charge in [-0.15, -0.1) is 0 Å². The van der Waals surface area contributed by atoms with Crippen LogP contribution in [0, 0.1) is 17.2 Å². The molecule has 1 heterocycles. The number of hydrogen-bond donors (Lipinski definition) is 2. The molecule has 0 bridgehead atoms. The topological polar surface area (TPSA) is 67.2 Å². The number of nitrogens with zero attached hydrogens (tertiary/aromatic N) is 2. The summed E-state index contributed by atoms with van der Waals surface area (Å²) in [6.07, 6.45) is 9.79. The Hall–Kier alpha value is -3.25. The number of amides is 1. The minimum atomic E-state index is -0.821. The van der Waals surface area contributed by atoms with Crippen molar-refractivity contribution in [3.63, 3.8) is 0 Å². The van der Waals surface area contributed by atoms with E-state index in [1.54, 1.807) is 12.1 Å². The number of carbonyl (C=O) groups is 1. The summed E-state index contributed by atoms with van der Waals surface area (Å²) in [4.78, 5) is 12.1. The summed E-state index contributed by atoms with van der Waals surface area (Å²) in [7, 11) is 0. The molecular formula is C30H32FN3O2. The van der Waals surface area contributed by atoms with Gasteiger partial charge in [0.2, 0.25) is 5.91 Å². The molecule has 2 aromatic carbocycles. The molecule has 5 nitrogen and oxygen atoms in total. The van der Waals surface area contributed by atoms with Gasteiger partial charge in [-0.1, -0.05) is 36.8 Å². The fourth-order valence-electron chi connectivity index (χ4n) is 6.11. The van der Waals surface area contributed by atoms with Crippen molar-refractivity contribution in [3.05, 3.63) is 88.5 Å². The Kier molecular flexibility index (Phi) is 5.60. The van der Waals surface area contributed by atoms with Crippen LogP contribution in [0.3, 0.4) is 0 Å². The van der Waals surface area contributed by atoms with Crippen molar-refractivity contribution in [2.24, 2.45) is 11.3 Å². The van der Waals surface area contributed by atoms with E-state index in [1.807, 2.05) is 23.0 Å². The van der Waals surface area contributed by atoms with Crippen LogP contribution in [0.5, 0.6) is 0 Å². The quantitative estimate of drug-likeness (QED) is 0.487. The highest BCUT2D eigenvalue weighted by Gasteiger charge is 2.54. The molecule has 3 aliphatic carbocycles. The van der Waals surface area contributed by atoms with Crippen LogP contribution >= 0.6 is 0 Å². The number of fused-ring (bicyclic) bond motifs is 2. The van der Waals surface area contributed by atoms with E-state index in [4.69, 9.17) is 0 Å². The Morgan fingerprint density at radius 1 is 1.17 bits per heavy atom. The van der Waals surface area contributed by atoms with Crippen LogP contribution in [0.15, 0.2) is 60.3 Å². The zero-order valence-electron chi connectivity index (χ0n) is 20.6. The molecule has 1 aromatic heterocycles. The summed E-state index contributed by atoms with van der Waals surface area (Å²) in [5.41, 5.74) is 5.35. The van der Waals surface area contributed by atoms with Gasteiger partial charge in [0.15, 0.2) is 0 Å². The summed E-state index contributed by atoms with van der Waals surface area (Å²) in [5.74, 6) is 0.0873. The van der Waals surface area contributed by atoms with Crippen molar-refractivity contribution < 1.29 is 14.3 Å². The van der Waals surface area contributed by atoms with Crippen LogP contribution < -0.4 is 5.32 Å². The third-order valence-electron chi connectivity index (χ3n) is 8.68. The molecule has 0 radical (unpaired) electrons. The van der Waals surface area contributed by atoms with Gasteiger partial charge in [0.25, 0.3) is 0 Å². The average Bonchev–Trinajstić information content (AvgIpc) is 3.61. The smallest absolute Gasteiger partial charge is 0.223 e. The molecule has 2 atom stereocenters. The number of aliphatic hydroxyl groups is 1. The van der Waals surface area contributed by atoms with Crippen molar-refractivity contribution in [1.29, 1.82) is 0 Å². The number of rotatable bonds is 7. The average molecular weight is 486 g/mol. The number of hydrogen-bond acceptors (Lipinski definition) is 3. The van der Waals surface area contributed by atoms with Gasteiger partial charge in [-0.2, -0.15) is 5.10 Å². The third-order valence-corrected chi connectivity index (χ3v) is 8.68. The van der Waals surface area contributed by atoms with E-state index in [2.05, 4.69) is 35.5 Å². The van der Waals surface area contributed by atoms with Gasteiger partial charge in [0.1, 0.15) is 5.82 Å². The molecule has 2 unspecified atom stereocenters. The summed E-state index contributed by atoms with van der Waals surface area (Å²) in [5, 5.41) is 19.7. The molecule has 6 rings (SSSR count). The summed E-state index contributed by atoms with van der Waals surface area (Å²) < 4.78 is 15.3. The van der Waals surface area contributed by atoms with Gasteiger partial charge >= 0.3 is 0 Å². The number of halogens is 1. The lowest BCUT2D eigenvalue weighted by Crippen LogP contribution is -2.45. The second kappa shape index (κ2) is 8.70. The first-order chi connectivity index (χ1) is 17.4. The molecule has 0 aliphatic heterocycles. The molecule has 6 heteroatoms. The van der Waals surface area contributed by atoms with Crippen molar-refractivity contribution in [2.75, 3.05) is 0 Å². The normalized spacial score (nSPS) is 24.7. The summed E-state index contributed by atoms with van der Waals surface area (Å²) in [6.45, 7) is 2.73. The highest BCUT2D eigenvalue weighted by Crippen LogP contribution is 2.56. The van der Waals surface area contributed by atoms with Gasteiger partial charge in [0.05, 0.1) is 23.2 Å². The SMILES string of the molecule is CC12Cc3cnn(-c4ccc(F)cc4)c3C=C1CCC2(O)CCc1ccccc1CNC(=O)C1CC1. The molecule has 2 saturated carbocycles. The molecular weight excluding hydrogens is 453 g/mol. The number of nitrogens with one attached hydrogen (secondary N) is 1. The van der Waals surface area contributed by atoms with Crippen LogP contribution in [0.4, 0.5) is 4.39 Å². The number of aryl methyl sites for hydroxylation is 1. The van der Waals surface area contributed by atoms with Crippen molar-refractivity contribution in [2.45, 2.75) is 64.0 Å². The third kappa shape index (κ3) is 3.97. The fourth-order valence-corrected chi connectivity index (χ4v) is 6.11. The molecule has 2 fully saturated rings. The van der Waals surface area contributed by atoms with E-state index in [9.17, 15) is 14.3 Å². The second-order valence-electron chi connectivity index (χ2n) is 10.9. The van der Waals surface area contributed by atoms with Crippen LogP contribution in [0.25, 0.3) is 11.8 Å². The van der Waals surface area contributed by atoms with E-state index < -0.39 is 5.60 Å². The Labute approximate surface area is 211 Å².